The van der Waals surface area contributed by atoms with Gasteiger partial charge >= 0.3 is 6.18 Å². The van der Waals surface area contributed by atoms with E-state index in [2.05, 4.69) is 15.6 Å². The Morgan fingerprint density at radius 3 is 2.54 bits per heavy atom. The van der Waals surface area contributed by atoms with Gasteiger partial charge in [0, 0.05) is 27.2 Å². The largest absolute Gasteiger partial charge is 0.416 e. The number of rotatable bonds is 8. The normalized spacial score (nSPS) is 12.3. The van der Waals surface area contributed by atoms with Crippen molar-refractivity contribution >= 4 is 5.96 Å². The monoisotopic (exact) mass is 351 g/mol. The van der Waals surface area contributed by atoms with Gasteiger partial charge in [-0.05, 0) is 17.7 Å². The second-order valence-electron chi connectivity index (χ2n) is 4.76. The molecule has 0 amide bonds. The van der Waals surface area contributed by atoms with E-state index in [1.807, 2.05) is 0 Å². The molecule has 0 spiro atoms. The van der Waals surface area contributed by atoms with Gasteiger partial charge in [0.1, 0.15) is 5.82 Å². The molecule has 0 atom stereocenters. The molecular formula is C15H21F4N3O2. The van der Waals surface area contributed by atoms with Crippen LogP contribution in [-0.2, 0) is 22.2 Å². The molecule has 24 heavy (non-hydrogen) atoms. The molecule has 0 aromatic heterocycles. The molecule has 0 saturated heterocycles. The number of aliphatic imine (C=N–C) groups is 1. The minimum atomic E-state index is -4.62. The van der Waals surface area contributed by atoms with Gasteiger partial charge in [-0.2, -0.15) is 13.2 Å². The van der Waals surface area contributed by atoms with Gasteiger partial charge in [-0.15, -0.1) is 0 Å². The third kappa shape index (κ3) is 7.14. The van der Waals surface area contributed by atoms with Crippen molar-refractivity contribution in [2.45, 2.75) is 12.7 Å². The Hall–Kier alpha value is -1.87. The topological polar surface area (TPSA) is 54.9 Å². The predicted molar refractivity (Wildman–Crippen MR) is 82.3 cm³/mol. The first kappa shape index (κ1) is 20.2. The number of benzene rings is 1. The maximum Gasteiger partial charge on any atom is 0.416 e. The lowest BCUT2D eigenvalue weighted by molar-refractivity contribution is -0.138. The first-order valence-corrected chi connectivity index (χ1v) is 7.25. The van der Waals surface area contributed by atoms with E-state index in [1.54, 1.807) is 7.11 Å². The van der Waals surface area contributed by atoms with Crippen LogP contribution < -0.4 is 10.6 Å². The summed E-state index contributed by atoms with van der Waals surface area (Å²) in [6.45, 7) is 1.62. The molecule has 0 radical (unpaired) electrons. The maximum absolute atomic E-state index is 13.1. The summed E-state index contributed by atoms with van der Waals surface area (Å²) in [7, 11) is 3.06. The summed E-state index contributed by atoms with van der Waals surface area (Å²) in [6, 6.07) is 2.58. The standard InChI is InChI=1S/C15H21F4N3O2/c1-20-14(21-5-6-24-8-7-23-2)22-10-11-3-4-12(16)9-13(11)15(17,18)19/h3-4,9H,5-8,10H2,1-2H3,(H2,20,21,22). The molecule has 0 aliphatic heterocycles. The summed E-state index contributed by atoms with van der Waals surface area (Å²) in [6.07, 6.45) is -4.62. The van der Waals surface area contributed by atoms with E-state index < -0.39 is 17.6 Å². The smallest absolute Gasteiger partial charge is 0.382 e. The van der Waals surface area contributed by atoms with Crippen molar-refractivity contribution in [1.29, 1.82) is 0 Å². The van der Waals surface area contributed by atoms with Crippen molar-refractivity contribution in [3.63, 3.8) is 0 Å². The molecule has 0 saturated carbocycles. The highest BCUT2D eigenvalue weighted by Gasteiger charge is 2.33. The van der Waals surface area contributed by atoms with Crippen LogP contribution in [0.3, 0.4) is 0 Å². The Kier molecular flexibility index (Phi) is 8.48. The molecule has 136 valence electrons. The van der Waals surface area contributed by atoms with E-state index in [0.717, 1.165) is 12.1 Å². The minimum Gasteiger partial charge on any atom is -0.382 e. The second kappa shape index (κ2) is 10.1. The van der Waals surface area contributed by atoms with Crippen molar-refractivity contribution in [3.8, 4) is 0 Å². The Morgan fingerprint density at radius 2 is 1.92 bits per heavy atom. The number of ether oxygens (including phenoxy) is 2. The summed E-state index contributed by atoms with van der Waals surface area (Å²) >= 11 is 0. The Balaban J connectivity index is 2.52. The van der Waals surface area contributed by atoms with Gasteiger partial charge in [0.15, 0.2) is 5.96 Å². The number of hydrogen-bond acceptors (Lipinski definition) is 3. The van der Waals surface area contributed by atoms with Crippen LogP contribution in [0.25, 0.3) is 0 Å². The van der Waals surface area contributed by atoms with Crippen LogP contribution in [0, 0.1) is 5.82 Å². The fourth-order valence-corrected chi connectivity index (χ4v) is 1.85. The molecule has 0 aliphatic rings. The van der Waals surface area contributed by atoms with Crippen molar-refractivity contribution in [1.82, 2.24) is 10.6 Å². The lowest BCUT2D eigenvalue weighted by Gasteiger charge is -2.16. The van der Waals surface area contributed by atoms with Crippen LogP contribution in [0.2, 0.25) is 0 Å². The Labute approximate surface area is 138 Å². The molecule has 0 fully saturated rings. The molecule has 0 bridgehead atoms. The van der Waals surface area contributed by atoms with Gasteiger partial charge in [-0.1, -0.05) is 6.07 Å². The molecule has 0 aliphatic carbocycles. The van der Waals surface area contributed by atoms with E-state index in [0.29, 0.717) is 38.4 Å². The number of nitrogens with one attached hydrogen (secondary N) is 2. The minimum absolute atomic E-state index is 0.0665. The molecule has 2 N–H and O–H groups in total. The van der Waals surface area contributed by atoms with Gasteiger partial charge in [0.05, 0.1) is 25.4 Å². The first-order valence-electron chi connectivity index (χ1n) is 7.25. The highest BCUT2D eigenvalue weighted by atomic mass is 19.4. The fourth-order valence-electron chi connectivity index (χ4n) is 1.85. The van der Waals surface area contributed by atoms with Gasteiger partial charge in [0.2, 0.25) is 0 Å². The number of methoxy groups -OCH3 is 1. The fraction of sp³-hybridized carbons (Fsp3) is 0.533. The van der Waals surface area contributed by atoms with Crippen LogP contribution in [-0.4, -0.2) is 46.5 Å². The van der Waals surface area contributed by atoms with Gasteiger partial charge < -0.3 is 20.1 Å². The first-order chi connectivity index (χ1) is 11.4. The highest BCUT2D eigenvalue weighted by Crippen LogP contribution is 2.32. The van der Waals surface area contributed by atoms with Crippen LogP contribution >= 0.6 is 0 Å². The van der Waals surface area contributed by atoms with E-state index in [-0.39, 0.29) is 12.1 Å². The average molecular weight is 351 g/mol. The number of hydrogen-bond donors (Lipinski definition) is 2. The van der Waals surface area contributed by atoms with Crippen molar-refractivity contribution in [2.24, 2.45) is 4.99 Å². The van der Waals surface area contributed by atoms with Gasteiger partial charge in [0.25, 0.3) is 0 Å². The van der Waals surface area contributed by atoms with E-state index in [4.69, 9.17) is 9.47 Å². The Bertz CT molecular complexity index is 536. The summed E-state index contributed by atoms with van der Waals surface area (Å²) in [5.41, 5.74) is -1.07. The lowest BCUT2D eigenvalue weighted by Crippen LogP contribution is -2.39. The van der Waals surface area contributed by atoms with E-state index in [9.17, 15) is 17.6 Å². The highest BCUT2D eigenvalue weighted by molar-refractivity contribution is 5.79. The van der Waals surface area contributed by atoms with Gasteiger partial charge in [-0.25, -0.2) is 4.39 Å². The molecular weight excluding hydrogens is 330 g/mol. The maximum atomic E-state index is 13.1. The van der Waals surface area contributed by atoms with Crippen molar-refractivity contribution in [3.05, 3.63) is 35.1 Å². The molecule has 9 heteroatoms. The zero-order valence-corrected chi connectivity index (χ0v) is 13.5. The molecule has 1 aromatic carbocycles. The van der Waals surface area contributed by atoms with Crippen LogP contribution in [0.5, 0.6) is 0 Å². The van der Waals surface area contributed by atoms with Crippen molar-refractivity contribution < 1.29 is 27.0 Å². The van der Waals surface area contributed by atoms with Crippen molar-refractivity contribution in [2.75, 3.05) is 40.5 Å². The molecule has 0 heterocycles. The third-order valence-corrected chi connectivity index (χ3v) is 3.02. The molecule has 1 rings (SSSR count). The summed E-state index contributed by atoms with van der Waals surface area (Å²) in [4.78, 5) is 3.91. The van der Waals surface area contributed by atoms with E-state index in [1.165, 1.54) is 7.05 Å². The quantitative estimate of drug-likeness (QED) is 0.326. The van der Waals surface area contributed by atoms with Crippen LogP contribution in [0.4, 0.5) is 17.6 Å². The van der Waals surface area contributed by atoms with Gasteiger partial charge in [-0.3, -0.25) is 4.99 Å². The molecule has 0 unspecified atom stereocenters. The zero-order valence-electron chi connectivity index (χ0n) is 13.5. The number of halogens is 4. The zero-order chi connectivity index (χ0) is 18.0. The lowest BCUT2D eigenvalue weighted by atomic mass is 10.1. The predicted octanol–water partition coefficient (Wildman–Crippen LogP) is 2.17. The third-order valence-electron chi connectivity index (χ3n) is 3.02. The summed E-state index contributed by atoms with van der Waals surface area (Å²) in [5, 5.41) is 5.66. The average Bonchev–Trinajstić information content (AvgIpc) is 2.53. The molecule has 1 aromatic rings. The van der Waals surface area contributed by atoms with E-state index >= 15 is 0 Å². The second-order valence-corrected chi connectivity index (χ2v) is 4.76. The Morgan fingerprint density at radius 1 is 1.17 bits per heavy atom. The van der Waals surface area contributed by atoms with Crippen LogP contribution in [0.1, 0.15) is 11.1 Å². The number of guanidine groups is 1. The molecule has 5 nitrogen and oxygen atoms in total. The summed E-state index contributed by atoms with van der Waals surface area (Å²) in [5.74, 6) is -0.607. The SMILES string of the molecule is CN=C(NCCOCCOC)NCc1ccc(F)cc1C(F)(F)F. The van der Waals surface area contributed by atoms with Crippen LogP contribution in [0.15, 0.2) is 23.2 Å². The number of alkyl halides is 3. The summed E-state index contributed by atoms with van der Waals surface area (Å²) < 4.78 is 61.9. The number of nitrogens with zero attached hydrogens (tertiary/aromatic N) is 1.